The van der Waals surface area contributed by atoms with Crippen molar-refractivity contribution in [1.29, 1.82) is 0 Å². The van der Waals surface area contributed by atoms with Crippen LogP contribution < -0.4 is 0 Å². The van der Waals surface area contributed by atoms with Crippen molar-refractivity contribution in [1.82, 2.24) is 0 Å². The minimum atomic E-state index is -0.664. The van der Waals surface area contributed by atoms with Crippen LogP contribution in [0.2, 0.25) is 0 Å². The van der Waals surface area contributed by atoms with Gasteiger partial charge in [0.1, 0.15) is 0 Å². The summed E-state index contributed by atoms with van der Waals surface area (Å²) >= 11 is 0. The Kier molecular flexibility index (Phi) is 23.1. The van der Waals surface area contributed by atoms with Gasteiger partial charge in [-0.25, -0.2) is 0 Å². The van der Waals surface area contributed by atoms with Crippen molar-refractivity contribution in [3.63, 3.8) is 0 Å². The molecule has 0 atom stereocenters. The standard InChI is InChI=1S/C26H48O2/c1-2-3-4-5-6-7-8-9-10-11-12-13-14-15-16-17-18-19-20-21-22-23-24-25-26(27)28/h13-14,16-17H,2-12,15,18-25H2,1H3,(H,27,28). The maximum absolute atomic E-state index is 10.4. The van der Waals surface area contributed by atoms with Crippen molar-refractivity contribution in [2.75, 3.05) is 0 Å². The van der Waals surface area contributed by atoms with Gasteiger partial charge in [-0.3, -0.25) is 4.79 Å². The van der Waals surface area contributed by atoms with Crippen molar-refractivity contribution in [2.24, 2.45) is 0 Å². The van der Waals surface area contributed by atoms with Gasteiger partial charge in [0.25, 0.3) is 0 Å². The molecular formula is C26H48O2. The zero-order valence-electron chi connectivity index (χ0n) is 18.8. The predicted octanol–water partition coefficient (Wildman–Crippen LogP) is 9.01. The molecule has 0 saturated carbocycles. The number of carbonyl (C=O) groups is 1. The molecule has 28 heavy (non-hydrogen) atoms. The van der Waals surface area contributed by atoms with Gasteiger partial charge < -0.3 is 5.11 Å². The van der Waals surface area contributed by atoms with Crippen LogP contribution in [0, 0.1) is 0 Å². The lowest BCUT2D eigenvalue weighted by Gasteiger charge is -2.01. The Morgan fingerprint density at radius 2 is 0.964 bits per heavy atom. The van der Waals surface area contributed by atoms with Crippen LogP contribution >= 0.6 is 0 Å². The molecule has 0 heterocycles. The fraction of sp³-hybridized carbons (Fsp3) is 0.808. The second-order valence-corrected chi connectivity index (χ2v) is 8.20. The number of allylic oxidation sites excluding steroid dienone is 4. The number of hydrogen-bond donors (Lipinski definition) is 1. The monoisotopic (exact) mass is 392 g/mol. The van der Waals surface area contributed by atoms with Gasteiger partial charge in [-0.1, -0.05) is 115 Å². The molecule has 0 unspecified atom stereocenters. The molecule has 0 fully saturated rings. The molecule has 0 radical (unpaired) electrons. The van der Waals surface area contributed by atoms with Crippen molar-refractivity contribution in [3.05, 3.63) is 24.3 Å². The van der Waals surface area contributed by atoms with Crippen LogP contribution in [0.25, 0.3) is 0 Å². The van der Waals surface area contributed by atoms with E-state index in [0.29, 0.717) is 6.42 Å². The first-order valence-electron chi connectivity index (χ1n) is 12.3. The summed E-state index contributed by atoms with van der Waals surface area (Å²) in [4.78, 5) is 10.4. The fourth-order valence-corrected chi connectivity index (χ4v) is 3.50. The SMILES string of the molecule is CCCCCCCCCCCCC=CCC=CCCCCCCCCC(=O)O. The van der Waals surface area contributed by atoms with E-state index in [1.807, 2.05) is 0 Å². The Hall–Kier alpha value is -1.05. The molecule has 0 rings (SSSR count). The van der Waals surface area contributed by atoms with Crippen molar-refractivity contribution >= 4 is 5.97 Å². The van der Waals surface area contributed by atoms with E-state index in [1.165, 1.54) is 103 Å². The second kappa shape index (κ2) is 24.0. The van der Waals surface area contributed by atoms with Crippen LogP contribution in [-0.4, -0.2) is 11.1 Å². The topological polar surface area (TPSA) is 37.3 Å². The highest BCUT2D eigenvalue weighted by atomic mass is 16.4. The zero-order chi connectivity index (χ0) is 20.5. The van der Waals surface area contributed by atoms with Gasteiger partial charge in [-0.15, -0.1) is 0 Å². The minimum absolute atomic E-state index is 0.329. The Bertz CT molecular complexity index is 371. The lowest BCUT2D eigenvalue weighted by atomic mass is 10.1. The van der Waals surface area contributed by atoms with Crippen LogP contribution in [0.3, 0.4) is 0 Å². The summed E-state index contributed by atoms with van der Waals surface area (Å²) in [6, 6.07) is 0. The van der Waals surface area contributed by atoms with Crippen molar-refractivity contribution in [2.45, 2.75) is 135 Å². The average molecular weight is 393 g/mol. The molecule has 1 N–H and O–H groups in total. The van der Waals surface area contributed by atoms with Crippen LogP contribution in [0.4, 0.5) is 0 Å². The third kappa shape index (κ3) is 24.9. The molecule has 0 aromatic rings. The number of aliphatic carboxylic acids is 1. The van der Waals surface area contributed by atoms with E-state index >= 15 is 0 Å². The lowest BCUT2D eigenvalue weighted by molar-refractivity contribution is -0.137. The maximum Gasteiger partial charge on any atom is 0.303 e. The number of carboxylic acid groups (broad SMARTS) is 1. The molecule has 164 valence electrons. The van der Waals surface area contributed by atoms with Gasteiger partial charge in [0, 0.05) is 6.42 Å². The highest BCUT2D eigenvalue weighted by Crippen LogP contribution is 2.12. The highest BCUT2D eigenvalue weighted by Gasteiger charge is 1.96. The summed E-state index contributed by atoms with van der Waals surface area (Å²) in [7, 11) is 0. The molecule has 2 heteroatoms. The van der Waals surface area contributed by atoms with E-state index in [9.17, 15) is 4.79 Å². The summed E-state index contributed by atoms with van der Waals surface area (Å²) in [5.74, 6) is -0.664. The Morgan fingerprint density at radius 1 is 0.571 bits per heavy atom. The third-order valence-corrected chi connectivity index (χ3v) is 5.34. The third-order valence-electron chi connectivity index (χ3n) is 5.34. The first-order chi connectivity index (χ1) is 13.8. The first-order valence-corrected chi connectivity index (χ1v) is 12.3. The average Bonchev–Trinajstić information content (AvgIpc) is 2.68. The van der Waals surface area contributed by atoms with E-state index in [4.69, 9.17) is 5.11 Å². The van der Waals surface area contributed by atoms with Crippen LogP contribution in [0.15, 0.2) is 24.3 Å². The van der Waals surface area contributed by atoms with Crippen molar-refractivity contribution in [3.8, 4) is 0 Å². The highest BCUT2D eigenvalue weighted by molar-refractivity contribution is 5.66. The Balaban J connectivity index is 3.17. The molecule has 0 aromatic heterocycles. The molecule has 0 aromatic carbocycles. The Labute approximate surface area is 175 Å². The molecular weight excluding hydrogens is 344 g/mol. The van der Waals surface area contributed by atoms with Gasteiger partial charge in [0.2, 0.25) is 0 Å². The summed E-state index contributed by atoms with van der Waals surface area (Å²) in [6.45, 7) is 2.28. The minimum Gasteiger partial charge on any atom is -0.481 e. The number of carboxylic acids is 1. The zero-order valence-corrected chi connectivity index (χ0v) is 18.8. The molecule has 0 amide bonds. The lowest BCUT2D eigenvalue weighted by Crippen LogP contribution is -1.93. The van der Waals surface area contributed by atoms with Crippen LogP contribution in [0.5, 0.6) is 0 Å². The maximum atomic E-state index is 10.4. The molecule has 2 nitrogen and oxygen atoms in total. The van der Waals surface area contributed by atoms with E-state index in [-0.39, 0.29) is 0 Å². The molecule has 0 aliphatic rings. The normalized spacial score (nSPS) is 11.8. The van der Waals surface area contributed by atoms with Crippen LogP contribution in [-0.2, 0) is 4.79 Å². The molecule has 0 spiro atoms. The summed E-state index contributed by atoms with van der Waals surface area (Å²) in [5.41, 5.74) is 0. The van der Waals surface area contributed by atoms with E-state index in [2.05, 4.69) is 31.2 Å². The van der Waals surface area contributed by atoms with E-state index in [1.54, 1.807) is 0 Å². The summed E-state index contributed by atoms with van der Waals surface area (Å²) in [6.07, 6.45) is 34.1. The summed E-state index contributed by atoms with van der Waals surface area (Å²) < 4.78 is 0. The van der Waals surface area contributed by atoms with Gasteiger partial charge in [0.05, 0.1) is 0 Å². The van der Waals surface area contributed by atoms with E-state index in [0.717, 1.165) is 19.3 Å². The smallest absolute Gasteiger partial charge is 0.303 e. The van der Waals surface area contributed by atoms with Gasteiger partial charge in [0.15, 0.2) is 0 Å². The number of rotatable bonds is 22. The number of unbranched alkanes of at least 4 members (excludes halogenated alkanes) is 16. The molecule has 0 aliphatic carbocycles. The second-order valence-electron chi connectivity index (χ2n) is 8.20. The van der Waals surface area contributed by atoms with Crippen molar-refractivity contribution < 1.29 is 9.90 Å². The van der Waals surface area contributed by atoms with Crippen LogP contribution in [0.1, 0.15) is 135 Å². The molecule has 0 bridgehead atoms. The number of hydrogen-bond acceptors (Lipinski definition) is 1. The largest absolute Gasteiger partial charge is 0.481 e. The summed E-state index contributed by atoms with van der Waals surface area (Å²) in [5, 5.41) is 8.57. The molecule has 0 saturated heterocycles. The van der Waals surface area contributed by atoms with Gasteiger partial charge >= 0.3 is 5.97 Å². The molecule has 0 aliphatic heterocycles. The van der Waals surface area contributed by atoms with E-state index < -0.39 is 5.97 Å². The fourth-order valence-electron chi connectivity index (χ4n) is 3.50. The quantitative estimate of drug-likeness (QED) is 0.147. The van der Waals surface area contributed by atoms with Gasteiger partial charge in [-0.2, -0.15) is 0 Å². The Morgan fingerprint density at radius 3 is 1.39 bits per heavy atom. The van der Waals surface area contributed by atoms with Gasteiger partial charge in [-0.05, 0) is 38.5 Å². The predicted molar refractivity (Wildman–Crippen MR) is 124 cm³/mol. The first kappa shape index (κ1) is 27.0.